The van der Waals surface area contributed by atoms with Gasteiger partial charge in [0.25, 0.3) is 5.69 Å². The van der Waals surface area contributed by atoms with Gasteiger partial charge in [-0.3, -0.25) is 29.4 Å². The Bertz CT molecular complexity index is 1450. The third-order valence-corrected chi connectivity index (χ3v) is 7.94. The molecule has 1 aliphatic heterocycles. The van der Waals surface area contributed by atoms with Gasteiger partial charge >= 0.3 is 5.97 Å². The van der Waals surface area contributed by atoms with Gasteiger partial charge in [-0.1, -0.05) is 18.2 Å². The molecule has 38 heavy (non-hydrogen) atoms. The summed E-state index contributed by atoms with van der Waals surface area (Å²) in [5.41, 5.74) is 1.33. The molecule has 2 aromatic carbocycles. The molecule has 8 nitrogen and oxygen atoms in total. The lowest BCUT2D eigenvalue weighted by Gasteiger charge is -2.42. The summed E-state index contributed by atoms with van der Waals surface area (Å²) in [7, 11) is 0. The van der Waals surface area contributed by atoms with E-state index in [1.165, 1.54) is 58.7 Å². The van der Waals surface area contributed by atoms with Crippen molar-refractivity contribution in [2.24, 2.45) is 5.92 Å². The van der Waals surface area contributed by atoms with Crippen molar-refractivity contribution in [2.45, 2.75) is 31.6 Å². The van der Waals surface area contributed by atoms with Crippen LogP contribution < -0.4 is 4.90 Å². The van der Waals surface area contributed by atoms with Crippen LogP contribution in [0.15, 0.2) is 77.3 Å². The van der Waals surface area contributed by atoms with Gasteiger partial charge in [0.2, 0.25) is 5.91 Å². The Morgan fingerprint density at radius 1 is 1.13 bits per heavy atom. The van der Waals surface area contributed by atoms with E-state index in [-0.39, 0.29) is 36.6 Å². The minimum atomic E-state index is -1.13. The number of nitrogens with zero attached hydrogens (tertiary/aromatic N) is 2. The van der Waals surface area contributed by atoms with E-state index in [4.69, 9.17) is 4.74 Å². The maximum absolute atomic E-state index is 14.2. The fourth-order valence-corrected chi connectivity index (χ4v) is 6.20. The number of anilines is 1. The number of nitro benzene ring substituents is 1. The summed E-state index contributed by atoms with van der Waals surface area (Å²) < 4.78 is 19.0. The molecule has 194 valence electrons. The number of Topliss-reactive ketones (excluding diaryl/α,β-unsaturated/α-hetero) is 1. The molecule has 1 aliphatic carbocycles. The smallest absolute Gasteiger partial charge is 0.317 e. The van der Waals surface area contributed by atoms with E-state index in [1.807, 2.05) is 17.5 Å². The molecule has 3 aromatic rings. The zero-order valence-corrected chi connectivity index (χ0v) is 21.2. The zero-order chi connectivity index (χ0) is 27.0. The van der Waals surface area contributed by atoms with Crippen molar-refractivity contribution in [3.63, 3.8) is 0 Å². The van der Waals surface area contributed by atoms with E-state index < -0.39 is 40.2 Å². The highest BCUT2D eigenvalue weighted by atomic mass is 32.1. The number of thiophene rings is 1. The normalized spacial score (nSPS) is 21.3. The number of benzene rings is 2. The number of halogens is 1. The molecule has 2 heterocycles. The SMILES string of the molecule is CCOC(=O)[C@@H]1C(=O)C2=C(C[C@@H]1c1cccs1)N(c1ccc(F)cc1)C(=O)C[C@@H]2c1cccc([N+](=O)[O-])c1. The van der Waals surface area contributed by atoms with Crippen LogP contribution in [-0.4, -0.2) is 29.2 Å². The van der Waals surface area contributed by atoms with Gasteiger partial charge in [0.05, 0.1) is 11.5 Å². The van der Waals surface area contributed by atoms with Crippen LogP contribution in [0.5, 0.6) is 0 Å². The van der Waals surface area contributed by atoms with Crippen molar-refractivity contribution in [3.05, 3.63) is 104 Å². The fraction of sp³-hybridized carbons (Fsp3) is 0.250. The number of carbonyl (C=O) groups is 3. The minimum Gasteiger partial charge on any atom is -0.465 e. The number of nitro groups is 1. The van der Waals surface area contributed by atoms with Gasteiger partial charge in [-0.25, -0.2) is 4.39 Å². The number of hydrogen-bond acceptors (Lipinski definition) is 7. The fourth-order valence-electron chi connectivity index (χ4n) is 5.33. The van der Waals surface area contributed by atoms with E-state index in [0.29, 0.717) is 16.9 Å². The number of ketones is 1. The average molecular weight is 535 g/mol. The Balaban J connectivity index is 1.72. The second-order valence-corrected chi connectivity index (χ2v) is 10.1. The van der Waals surface area contributed by atoms with E-state index in [2.05, 4.69) is 0 Å². The van der Waals surface area contributed by atoms with Crippen molar-refractivity contribution < 1.29 is 28.4 Å². The molecule has 1 amide bonds. The molecule has 0 radical (unpaired) electrons. The van der Waals surface area contributed by atoms with Gasteiger partial charge in [-0.15, -0.1) is 11.3 Å². The summed E-state index contributed by atoms with van der Waals surface area (Å²) in [5.74, 6) is -4.41. The molecule has 0 spiro atoms. The molecule has 2 aliphatic rings. The summed E-state index contributed by atoms with van der Waals surface area (Å²) in [6.45, 7) is 1.76. The largest absolute Gasteiger partial charge is 0.465 e. The lowest BCUT2D eigenvalue weighted by molar-refractivity contribution is -0.384. The summed E-state index contributed by atoms with van der Waals surface area (Å²) in [6.07, 6.45) is 0.0297. The Hall–Kier alpha value is -4.18. The third kappa shape index (κ3) is 4.51. The number of non-ortho nitro benzene ring substituents is 1. The Morgan fingerprint density at radius 2 is 1.89 bits per heavy atom. The van der Waals surface area contributed by atoms with E-state index in [0.717, 1.165) is 4.88 Å². The Kier molecular flexibility index (Phi) is 6.90. The maximum atomic E-state index is 14.2. The third-order valence-electron chi connectivity index (χ3n) is 6.94. The molecular formula is C28H23FN2O6S. The maximum Gasteiger partial charge on any atom is 0.317 e. The van der Waals surface area contributed by atoms with Crippen LogP contribution in [0.2, 0.25) is 0 Å². The predicted molar refractivity (Wildman–Crippen MR) is 138 cm³/mol. The van der Waals surface area contributed by atoms with Gasteiger partial charge < -0.3 is 4.74 Å². The first kappa shape index (κ1) is 25.5. The molecular weight excluding hydrogens is 511 g/mol. The Labute approximate surface area is 221 Å². The zero-order valence-electron chi connectivity index (χ0n) is 20.3. The number of esters is 1. The summed E-state index contributed by atoms with van der Waals surface area (Å²) in [5, 5.41) is 13.3. The number of ether oxygens (including phenoxy) is 1. The van der Waals surface area contributed by atoms with E-state index >= 15 is 0 Å². The number of amides is 1. The van der Waals surface area contributed by atoms with Crippen LogP contribution in [0, 0.1) is 21.8 Å². The van der Waals surface area contributed by atoms with Crippen molar-refractivity contribution in [1.82, 2.24) is 0 Å². The van der Waals surface area contributed by atoms with Crippen LogP contribution in [-0.2, 0) is 19.1 Å². The van der Waals surface area contributed by atoms with Crippen LogP contribution >= 0.6 is 11.3 Å². The highest BCUT2D eigenvalue weighted by Crippen LogP contribution is 2.50. The number of hydrogen-bond donors (Lipinski definition) is 0. The molecule has 0 unspecified atom stereocenters. The molecule has 0 saturated carbocycles. The second kappa shape index (κ2) is 10.3. The molecule has 5 rings (SSSR count). The number of carbonyl (C=O) groups excluding carboxylic acids is 3. The van der Waals surface area contributed by atoms with Gasteiger partial charge in [0.1, 0.15) is 11.7 Å². The molecule has 1 aromatic heterocycles. The number of rotatable bonds is 6. The summed E-state index contributed by atoms with van der Waals surface area (Å²) >= 11 is 1.40. The van der Waals surface area contributed by atoms with Crippen LogP contribution in [0.25, 0.3) is 0 Å². The standard InChI is InChI=1S/C28H23FN2O6S/c1-2-37-28(34)26-21(23-7-4-12-38-23)14-22-25(27(26)33)20(16-5-3-6-19(13-16)31(35)36)15-24(32)30(22)18-10-8-17(29)9-11-18/h3-13,20-21,26H,2,14-15H2,1H3/t20-,21-,26+/m1/s1. The Morgan fingerprint density at radius 3 is 2.55 bits per heavy atom. The van der Waals surface area contributed by atoms with Crippen molar-refractivity contribution >= 4 is 40.4 Å². The minimum absolute atomic E-state index is 0.0974. The molecule has 10 heteroatoms. The molecule has 0 saturated heterocycles. The lowest BCUT2D eigenvalue weighted by atomic mass is 9.69. The average Bonchev–Trinajstić information content (AvgIpc) is 3.44. The second-order valence-electron chi connectivity index (χ2n) is 9.09. The van der Waals surface area contributed by atoms with Gasteiger partial charge in [0, 0.05) is 52.2 Å². The van der Waals surface area contributed by atoms with Gasteiger partial charge in [0.15, 0.2) is 5.78 Å². The van der Waals surface area contributed by atoms with Crippen molar-refractivity contribution in [3.8, 4) is 0 Å². The van der Waals surface area contributed by atoms with Crippen LogP contribution in [0.4, 0.5) is 15.8 Å². The van der Waals surface area contributed by atoms with E-state index in [1.54, 1.807) is 13.0 Å². The van der Waals surface area contributed by atoms with Crippen molar-refractivity contribution in [2.75, 3.05) is 11.5 Å². The highest BCUT2D eigenvalue weighted by molar-refractivity contribution is 7.10. The van der Waals surface area contributed by atoms with Crippen molar-refractivity contribution in [1.29, 1.82) is 0 Å². The number of allylic oxidation sites excluding steroid dienone is 2. The van der Waals surface area contributed by atoms with Crippen LogP contribution in [0.3, 0.4) is 0 Å². The molecule has 0 bridgehead atoms. The predicted octanol–water partition coefficient (Wildman–Crippen LogP) is 5.51. The summed E-state index contributed by atoms with van der Waals surface area (Å²) in [4.78, 5) is 54.2. The first-order valence-electron chi connectivity index (χ1n) is 12.1. The van der Waals surface area contributed by atoms with Gasteiger partial charge in [-0.2, -0.15) is 0 Å². The summed E-state index contributed by atoms with van der Waals surface area (Å²) in [6, 6.07) is 14.9. The van der Waals surface area contributed by atoms with Crippen LogP contribution in [0.1, 0.15) is 42.0 Å². The molecule has 0 N–H and O–H groups in total. The molecule has 0 fully saturated rings. The first-order chi connectivity index (χ1) is 18.3. The topological polar surface area (TPSA) is 107 Å². The lowest BCUT2D eigenvalue weighted by Crippen LogP contribution is -2.46. The monoisotopic (exact) mass is 534 g/mol. The van der Waals surface area contributed by atoms with E-state index in [9.17, 15) is 28.9 Å². The van der Waals surface area contributed by atoms with Gasteiger partial charge in [-0.05, 0) is 54.6 Å². The molecule has 3 atom stereocenters. The quantitative estimate of drug-likeness (QED) is 0.179. The first-order valence-corrected chi connectivity index (χ1v) is 13.0. The highest BCUT2D eigenvalue weighted by Gasteiger charge is 2.50.